The third-order valence-corrected chi connectivity index (χ3v) is 3.66. The third kappa shape index (κ3) is 3.61. The molecule has 0 aromatic heterocycles. The Labute approximate surface area is 136 Å². The molecule has 0 amide bonds. The molecule has 0 spiro atoms. The van der Waals surface area contributed by atoms with Crippen LogP contribution in [0.3, 0.4) is 0 Å². The van der Waals surface area contributed by atoms with Crippen molar-refractivity contribution in [2.75, 3.05) is 0 Å². The van der Waals surface area contributed by atoms with Gasteiger partial charge < -0.3 is 9.84 Å². The van der Waals surface area contributed by atoms with E-state index in [1.54, 1.807) is 6.07 Å². The fraction of sp³-hybridized carbons (Fsp3) is 0.0476. The van der Waals surface area contributed by atoms with E-state index in [9.17, 15) is 5.11 Å². The molecule has 0 saturated carbocycles. The largest absolute Gasteiger partial charge is 0.507 e. The summed E-state index contributed by atoms with van der Waals surface area (Å²) in [6, 6.07) is 25.1. The summed E-state index contributed by atoms with van der Waals surface area (Å²) in [6.07, 6.45) is 0. The summed E-state index contributed by atoms with van der Waals surface area (Å²) in [7, 11) is 0. The standard InChI is InChI=1S/C21H18O2/c1-16(18-10-6-3-7-11-18)20-13-12-19(14-21(20)22)23-15-17-8-4-2-5-9-17/h2-14,22H,1,15H2. The van der Waals surface area contributed by atoms with Crippen molar-refractivity contribution in [1.29, 1.82) is 0 Å². The zero-order chi connectivity index (χ0) is 16.1. The van der Waals surface area contributed by atoms with E-state index in [2.05, 4.69) is 6.58 Å². The van der Waals surface area contributed by atoms with Gasteiger partial charge in [-0.3, -0.25) is 0 Å². The van der Waals surface area contributed by atoms with Crippen LogP contribution in [0.2, 0.25) is 0 Å². The van der Waals surface area contributed by atoms with E-state index in [1.807, 2.05) is 72.8 Å². The average molecular weight is 302 g/mol. The lowest BCUT2D eigenvalue weighted by atomic mass is 9.99. The SMILES string of the molecule is C=C(c1ccccc1)c1ccc(OCc2ccccc2)cc1O. The molecular weight excluding hydrogens is 284 g/mol. The topological polar surface area (TPSA) is 29.5 Å². The van der Waals surface area contributed by atoms with Crippen LogP contribution in [0.25, 0.3) is 5.57 Å². The zero-order valence-electron chi connectivity index (χ0n) is 12.8. The molecule has 23 heavy (non-hydrogen) atoms. The number of benzene rings is 3. The fourth-order valence-electron chi connectivity index (χ4n) is 2.39. The summed E-state index contributed by atoms with van der Waals surface area (Å²) >= 11 is 0. The first-order valence-electron chi connectivity index (χ1n) is 7.48. The molecule has 3 aromatic carbocycles. The maximum Gasteiger partial charge on any atom is 0.127 e. The molecule has 114 valence electrons. The molecule has 0 atom stereocenters. The summed E-state index contributed by atoms with van der Waals surface area (Å²) in [5, 5.41) is 10.3. The Hall–Kier alpha value is -3.00. The predicted octanol–water partition coefficient (Wildman–Crippen LogP) is 5.03. The normalized spacial score (nSPS) is 10.3. The van der Waals surface area contributed by atoms with Crippen LogP contribution in [0, 0.1) is 0 Å². The van der Waals surface area contributed by atoms with Gasteiger partial charge in [0, 0.05) is 11.6 Å². The lowest BCUT2D eigenvalue weighted by Crippen LogP contribution is -1.95. The molecule has 1 N–H and O–H groups in total. The summed E-state index contributed by atoms with van der Waals surface area (Å²) in [5.41, 5.74) is 3.58. The Balaban J connectivity index is 1.74. The monoisotopic (exact) mass is 302 g/mol. The van der Waals surface area contributed by atoms with Gasteiger partial charge in [-0.25, -0.2) is 0 Å². The second-order valence-electron chi connectivity index (χ2n) is 5.30. The number of rotatable bonds is 5. The lowest BCUT2D eigenvalue weighted by Gasteiger charge is -2.11. The summed E-state index contributed by atoms with van der Waals surface area (Å²) in [5.74, 6) is 0.806. The van der Waals surface area contributed by atoms with Gasteiger partial charge in [-0.05, 0) is 28.8 Å². The van der Waals surface area contributed by atoms with Crippen LogP contribution in [0.15, 0.2) is 85.4 Å². The van der Waals surface area contributed by atoms with Gasteiger partial charge in [0.2, 0.25) is 0 Å². The van der Waals surface area contributed by atoms with Crippen LogP contribution in [-0.2, 0) is 6.61 Å². The maximum absolute atomic E-state index is 10.3. The van der Waals surface area contributed by atoms with Crippen molar-refractivity contribution in [2.24, 2.45) is 0 Å². The maximum atomic E-state index is 10.3. The van der Waals surface area contributed by atoms with Gasteiger partial charge in [0.15, 0.2) is 0 Å². The van der Waals surface area contributed by atoms with Crippen LogP contribution < -0.4 is 4.74 Å². The van der Waals surface area contributed by atoms with Gasteiger partial charge in [0.05, 0.1) is 0 Å². The molecule has 0 saturated heterocycles. The molecule has 0 heterocycles. The van der Waals surface area contributed by atoms with Gasteiger partial charge in [-0.2, -0.15) is 0 Å². The molecule has 2 nitrogen and oxygen atoms in total. The highest BCUT2D eigenvalue weighted by atomic mass is 16.5. The van der Waals surface area contributed by atoms with Gasteiger partial charge in [-0.1, -0.05) is 67.2 Å². The molecule has 0 radical (unpaired) electrons. The molecule has 0 unspecified atom stereocenters. The van der Waals surface area contributed by atoms with E-state index >= 15 is 0 Å². The average Bonchev–Trinajstić information content (AvgIpc) is 2.61. The van der Waals surface area contributed by atoms with Crippen molar-refractivity contribution >= 4 is 5.57 Å². The molecule has 0 aliphatic rings. The molecule has 0 bridgehead atoms. The Morgan fingerprint density at radius 3 is 2.17 bits per heavy atom. The van der Waals surface area contributed by atoms with Crippen LogP contribution in [0.1, 0.15) is 16.7 Å². The number of phenolic OH excluding ortho intramolecular Hbond substituents is 1. The van der Waals surface area contributed by atoms with Crippen LogP contribution in [-0.4, -0.2) is 5.11 Å². The predicted molar refractivity (Wildman–Crippen MR) is 93.5 cm³/mol. The van der Waals surface area contributed by atoms with Crippen molar-refractivity contribution < 1.29 is 9.84 Å². The number of ether oxygens (including phenoxy) is 1. The first-order valence-corrected chi connectivity index (χ1v) is 7.48. The second-order valence-corrected chi connectivity index (χ2v) is 5.30. The van der Waals surface area contributed by atoms with Gasteiger partial charge >= 0.3 is 0 Å². The van der Waals surface area contributed by atoms with Crippen LogP contribution >= 0.6 is 0 Å². The number of hydrogen-bond donors (Lipinski definition) is 1. The van der Waals surface area contributed by atoms with E-state index in [-0.39, 0.29) is 5.75 Å². The van der Waals surface area contributed by atoms with E-state index in [1.165, 1.54) is 0 Å². The number of hydrogen-bond acceptors (Lipinski definition) is 2. The molecular formula is C21H18O2. The highest BCUT2D eigenvalue weighted by Crippen LogP contribution is 2.32. The van der Waals surface area contributed by atoms with Crippen LogP contribution in [0.5, 0.6) is 11.5 Å². The smallest absolute Gasteiger partial charge is 0.127 e. The number of phenols is 1. The minimum atomic E-state index is 0.171. The Morgan fingerprint density at radius 2 is 1.52 bits per heavy atom. The minimum Gasteiger partial charge on any atom is -0.507 e. The molecule has 2 heteroatoms. The molecule has 0 aliphatic heterocycles. The van der Waals surface area contributed by atoms with E-state index in [0.717, 1.165) is 16.7 Å². The molecule has 0 fully saturated rings. The van der Waals surface area contributed by atoms with E-state index < -0.39 is 0 Å². The van der Waals surface area contributed by atoms with Gasteiger partial charge in [-0.15, -0.1) is 0 Å². The Kier molecular flexibility index (Phi) is 4.44. The van der Waals surface area contributed by atoms with Gasteiger partial charge in [0.25, 0.3) is 0 Å². The first kappa shape index (κ1) is 14.9. The van der Waals surface area contributed by atoms with Crippen molar-refractivity contribution in [3.63, 3.8) is 0 Å². The summed E-state index contributed by atoms with van der Waals surface area (Å²) in [6.45, 7) is 4.55. The first-order chi connectivity index (χ1) is 11.2. The highest BCUT2D eigenvalue weighted by Gasteiger charge is 2.09. The van der Waals surface area contributed by atoms with Gasteiger partial charge in [0.1, 0.15) is 18.1 Å². The molecule has 3 aromatic rings. The van der Waals surface area contributed by atoms with Crippen molar-refractivity contribution in [3.8, 4) is 11.5 Å². The Morgan fingerprint density at radius 1 is 0.870 bits per heavy atom. The highest BCUT2D eigenvalue weighted by molar-refractivity contribution is 5.81. The fourth-order valence-corrected chi connectivity index (χ4v) is 2.39. The summed E-state index contributed by atoms with van der Waals surface area (Å²) < 4.78 is 5.72. The molecule has 3 rings (SSSR count). The zero-order valence-corrected chi connectivity index (χ0v) is 12.8. The number of aromatic hydroxyl groups is 1. The summed E-state index contributed by atoms with van der Waals surface area (Å²) in [4.78, 5) is 0. The molecule has 0 aliphatic carbocycles. The van der Waals surface area contributed by atoms with Crippen molar-refractivity contribution in [3.05, 3.63) is 102 Å². The van der Waals surface area contributed by atoms with E-state index in [4.69, 9.17) is 4.74 Å². The van der Waals surface area contributed by atoms with E-state index in [0.29, 0.717) is 17.9 Å². The third-order valence-electron chi connectivity index (χ3n) is 3.66. The van der Waals surface area contributed by atoms with Crippen LogP contribution in [0.4, 0.5) is 0 Å². The second kappa shape index (κ2) is 6.84. The lowest BCUT2D eigenvalue weighted by molar-refractivity contribution is 0.304. The minimum absolute atomic E-state index is 0.171. The quantitative estimate of drug-likeness (QED) is 0.716. The van der Waals surface area contributed by atoms with Crippen molar-refractivity contribution in [1.82, 2.24) is 0 Å². The Bertz CT molecular complexity index is 793. The van der Waals surface area contributed by atoms with Crippen molar-refractivity contribution in [2.45, 2.75) is 6.61 Å².